The molecule has 39 heavy (non-hydrogen) atoms. The van der Waals surface area contributed by atoms with Gasteiger partial charge in [0.1, 0.15) is 5.75 Å². The predicted molar refractivity (Wildman–Crippen MR) is 151 cm³/mol. The maximum Gasteiger partial charge on any atom is 0.336 e. The van der Waals surface area contributed by atoms with Crippen LogP contribution in [0.25, 0.3) is 11.1 Å². The van der Waals surface area contributed by atoms with E-state index in [0.29, 0.717) is 38.1 Å². The van der Waals surface area contributed by atoms with E-state index in [2.05, 4.69) is 31.1 Å². The van der Waals surface area contributed by atoms with Gasteiger partial charge in [-0.2, -0.15) is 5.10 Å². The van der Waals surface area contributed by atoms with Gasteiger partial charge in [-0.05, 0) is 79.1 Å². The van der Waals surface area contributed by atoms with Crippen molar-refractivity contribution in [2.24, 2.45) is 0 Å². The number of benzene rings is 3. The molecule has 0 saturated carbocycles. The van der Waals surface area contributed by atoms with Crippen molar-refractivity contribution >= 4 is 17.6 Å². The molecule has 0 bridgehead atoms. The molecule has 1 aliphatic rings. The number of hydrogen-bond acceptors (Lipinski definition) is 4. The lowest BCUT2D eigenvalue weighted by Crippen LogP contribution is -2.35. The molecule has 1 aromatic heterocycles. The molecular formula is C32H33N3O4. The fraction of sp³-hybridized carbons (Fsp3) is 0.281. The van der Waals surface area contributed by atoms with E-state index in [1.165, 1.54) is 5.56 Å². The van der Waals surface area contributed by atoms with Crippen LogP contribution in [0.3, 0.4) is 0 Å². The van der Waals surface area contributed by atoms with Crippen molar-refractivity contribution in [2.75, 3.05) is 18.1 Å². The minimum Gasteiger partial charge on any atom is -0.493 e. The van der Waals surface area contributed by atoms with E-state index < -0.39 is 5.97 Å². The first-order valence-corrected chi connectivity index (χ1v) is 13.4. The Kier molecular flexibility index (Phi) is 7.77. The summed E-state index contributed by atoms with van der Waals surface area (Å²) in [5.41, 5.74) is 7.43. The van der Waals surface area contributed by atoms with E-state index in [0.717, 1.165) is 46.5 Å². The number of amides is 1. The van der Waals surface area contributed by atoms with Gasteiger partial charge in [0.2, 0.25) is 5.91 Å². The molecule has 4 aromatic rings. The monoisotopic (exact) mass is 523 g/mol. The number of anilines is 1. The molecule has 0 aliphatic carbocycles. The third kappa shape index (κ3) is 5.72. The summed E-state index contributed by atoms with van der Waals surface area (Å²) < 4.78 is 7.72. The Morgan fingerprint density at radius 3 is 2.69 bits per heavy atom. The summed E-state index contributed by atoms with van der Waals surface area (Å²) in [7, 11) is 0. The van der Waals surface area contributed by atoms with E-state index in [-0.39, 0.29) is 11.5 Å². The number of aromatic nitrogens is 2. The summed E-state index contributed by atoms with van der Waals surface area (Å²) in [6.07, 6.45) is 6.62. The van der Waals surface area contributed by atoms with Crippen molar-refractivity contribution in [3.8, 4) is 16.9 Å². The van der Waals surface area contributed by atoms with Crippen LogP contribution in [-0.2, 0) is 17.8 Å². The van der Waals surface area contributed by atoms with Crippen molar-refractivity contribution in [3.05, 3.63) is 101 Å². The minimum atomic E-state index is -0.947. The van der Waals surface area contributed by atoms with Crippen molar-refractivity contribution in [1.82, 2.24) is 9.78 Å². The molecule has 0 unspecified atom stereocenters. The highest BCUT2D eigenvalue weighted by Crippen LogP contribution is 2.36. The first-order valence-electron chi connectivity index (χ1n) is 13.4. The summed E-state index contributed by atoms with van der Waals surface area (Å²) in [5.74, 6) is 0.0396. The van der Waals surface area contributed by atoms with Gasteiger partial charge >= 0.3 is 5.97 Å². The summed E-state index contributed by atoms with van der Waals surface area (Å²) in [4.78, 5) is 26.7. The van der Waals surface area contributed by atoms with Crippen LogP contribution in [-0.4, -0.2) is 39.9 Å². The number of nitrogens with zero attached hydrogens (tertiary/aromatic N) is 3. The van der Waals surface area contributed by atoms with Gasteiger partial charge in [0.05, 0.1) is 24.9 Å². The van der Waals surface area contributed by atoms with Crippen molar-refractivity contribution < 1.29 is 19.4 Å². The Labute approximate surface area is 228 Å². The number of fused-ring (bicyclic) bond motifs is 1. The molecule has 5 rings (SSSR count). The van der Waals surface area contributed by atoms with Crippen molar-refractivity contribution in [3.63, 3.8) is 0 Å². The second-order valence-corrected chi connectivity index (χ2v) is 9.99. The first-order chi connectivity index (χ1) is 18.9. The number of hydrogen-bond donors (Lipinski definition) is 1. The topological polar surface area (TPSA) is 84.7 Å². The van der Waals surface area contributed by atoms with Crippen LogP contribution in [0.15, 0.2) is 73.1 Å². The maximum atomic E-state index is 13.2. The molecule has 0 fully saturated rings. The van der Waals surface area contributed by atoms with Gasteiger partial charge in [-0.3, -0.25) is 9.48 Å². The molecule has 7 nitrogen and oxygen atoms in total. The summed E-state index contributed by atoms with van der Waals surface area (Å²) >= 11 is 0. The van der Waals surface area contributed by atoms with E-state index in [1.54, 1.807) is 16.8 Å². The molecule has 200 valence electrons. The van der Waals surface area contributed by atoms with Crippen LogP contribution in [0.4, 0.5) is 5.69 Å². The average Bonchev–Trinajstić information content (AvgIpc) is 3.41. The molecule has 3 aromatic carbocycles. The second kappa shape index (κ2) is 11.6. The van der Waals surface area contributed by atoms with Gasteiger partial charge in [0.15, 0.2) is 0 Å². The fourth-order valence-corrected chi connectivity index (χ4v) is 5.21. The smallest absolute Gasteiger partial charge is 0.336 e. The minimum absolute atomic E-state index is 0.110. The van der Waals surface area contributed by atoms with Gasteiger partial charge < -0.3 is 14.7 Å². The Hall–Kier alpha value is -4.39. The zero-order valence-corrected chi connectivity index (χ0v) is 22.4. The number of rotatable bonds is 9. The number of aromatic carboxylic acids is 1. The highest BCUT2D eigenvalue weighted by molar-refractivity contribution is 5.96. The van der Waals surface area contributed by atoms with E-state index in [1.807, 2.05) is 53.7 Å². The third-order valence-electron chi connectivity index (χ3n) is 7.42. The average molecular weight is 524 g/mol. The van der Waals surface area contributed by atoms with Crippen molar-refractivity contribution in [1.29, 1.82) is 0 Å². The van der Waals surface area contributed by atoms with E-state index in [9.17, 15) is 14.7 Å². The molecule has 0 radical (unpaired) electrons. The number of carboxylic acids is 1. The lowest BCUT2D eigenvalue weighted by molar-refractivity contribution is -0.118. The van der Waals surface area contributed by atoms with Gasteiger partial charge in [-0.15, -0.1) is 0 Å². The molecule has 0 spiro atoms. The highest BCUT2D eigenvalue weighted by atomic mass is 16.5. The molecule has 1 aliphatic heterocycles. The van der Waals surface area contributed by atoms with Gasteiger partial charge in [0.25, 0.3) is 0 Å². The van der Waals surface area contributed by atoms with Crippen LogP contribution < -0.4 is 9.64 Å². The molecule has 7 heteroatoms. The molecule has 1 amide bonds. The summed E-state index contributed by atoms with van der Waals surface area (Å²) in [6, 6.07) is 19.1. The van der Waals surface area contributed by atoms with Crippen LogP contribution in [0, 0.1) is 13.8 Å². The molecule has 1 N–H and O–H groups in total. The van der Waals surface area contributed by atoms with Crippen LogP contribution in [0.2, 0.25) is 0 Å². The zero-order chi connectivity index (χ0) is 27.4. The van der Waals surface area contributed by atoms with Gasteiger partial charge in [-0.25, -0.2) is 4.79 Å². The Bertz CT molecular complexity index is 1510. The SMILES string of the molecule is Cc1cccc(OCCCC(=O)N2CCCc3c(-c4cnn(Cc5ccccc5C(=O)O)c4)cccc32)c1C. The normalized spacial score (nSPS) is 12.7. The number of carboxylic acid groups (broad SMARTS) is 1. The Balaban J connectivity index is 1.27. The van der Waals surface area contributed by atoms with E-state index >= 15 is 0 Å². The summed E-state index contributed by atoms with van der Waals surface area (Å²) in [5, 5.41) is 14.0. The quantitative estimate of drug-likeness (QED) is 0.270. The third-order valence-corrected chi connectivity index (χ3v) is 7.42. The van der Waals surface area contributed by atoms with Crippen LogP contribution in [0.5, 0.6) is 5.75 Å². The molecule has 0 atom stereocenters. The number of aryl methyl sites for hydroxylation is 1. The lowest BCUT2D eigenvalue weighted by atomic mass is 9.93. The lowest BCUT2D eigenvalue weighted by Gasteiger charge is -2.31. The number of carbonyl (C=O) groups is 2. The predicted octanol–water partition coefficient (Wildman–Crippen LogP) is 6.05. The summed E-state index contributed by atoms with van der Waals surface area (Å²) in [6.45, 7) is 5.69. The standard InChI is InChI=1S/C32H33N3O4/c1-22-9-5-15-30(23(22)2)39-18-8-16-31(36)35-17-7-13-28-26(12-6-14-29(28)35)25-19-33-34(21-25)20-24-10-3-4-11-27(24)32(37)38/h3-6,9-12,14-15,19,21H,7-8,13,16-18,20H2,1-2H3,(H,37,38). The second-order valence-electron chi connectivity index (χ2n) is 9.99. The molecule has 2 heterocycles. The van der Waals surface area contributed by atoms with Gasteiger partial charge in [0, 0.05) is 30.4 Å². The Morgan fingerprint density at radius 2 is 1.85 bits per heavy atom. The Morgan fingerprint density at radius 1 is 1.03 bits per heavy atom. The number of carbonyl (C=O) groups excluding carboxylic acids is 1. The highest BCUT2D eigenvalue weighted by Gasteiger charge is 2.25. The largest absolute Gasteiger partial charge is 0.493 e. The zero-order valence-electron chi connectivity index (χ0n) is 22.4. The van der Waals surface area contributed by atoms with Crippen LogP contribution >= 0.6 is 0 Å². The first kappa shape index (κ1) is 26.2. The van der Waals surface area contributed by atoms with Crippen molar-refractivity contribution in [2.45, 2.75) is 46.1 Å². The van der Waals surface area contributed by atoms with E-state index in [4.69, 9.17) is 4.74 Å². The van der Waals surface area contributed by atoms with Crippen LogP contribution in [0.1, 0.15) is 51.9 Å². The number of ether oxygens (including phenoxy) is 1. The molecule has 0 saturated heterocycles. The molecular weight excluding hydrogens is 490 g/mol. The maximum absolute atomic E-state index is 13.2. The fourth-order valence-electron chi connectivity index (χ4n) is 5.21. The van der Waals surface area contributed by atoms with Gasteiger partial charge in [-0.1, -0.05) is 42.5 Å².